The van der Waals surface area contributed by atoms with Crippen LogP contribution in [-0.4, -0.2) is 37.1 Å². The average Bonchev–Trinajstić information content (AvgIpc) is 3.66. The summed E-state index contributed by atoms with van der Waals surface area (Å²) < 4.78 is 27.9. The fraction of sp³-hybridized carbons (Fsp3) is 0.172. The van der Waals surface area contributed by atoms with Gasteiger partial charge in [0.2, 0.25) is 13.6 Å². The summed E-state index contributed by atoms with van der Waals surface area (Å²) in [5, 5.41) is 2.76. The van der Waals surface area contributed by atoms with Gasteiger partial charge < -0.3 is 29.0 Å². The van der Waals surface area contributed by atoms with E-state index in [1.807, 2.05) is 30.3 Å². The third-order valence-electron chi connectivity index (χ3n) is 6.35. The Morgan fingerprint density at radius 2 is 1.50 bits per heavy atom. The van der Waals surface area contributed by atoms with Crippen molar-refractivity contribution in [1.82, 2.24) is 4.57 Å². The molecule has 0 saturated carbocycles. The van der Waals surface area contributed by atoms with Crippen LogP contribution in [0.1, 0.15) is 31.2 Å². The highest BCUT2D eigenvalue weighted by Gasteiger charge is 2.17. The molecule has 0 radical (unpaired) electrons. The van der Waals surface area contributed by atoms with Crippen LogP contribution in [-0.2, 0) is 17.8 Å². The number of fused-ring (bicyclic) bond motifs is 2. The summed E-state index contributed by atoms with van der Waals surface area (Å²) in [5.74, 6) is 1.58. The maximum atomic E-state index is 13.4. The van der Waals surface area contributed by atoms with Crippen molar-refractivity contribution < 1.29 is 33.3 Å². The Morgan fingerprint density at radius 1 is 0.881 bits per heavy atom. The molecule has 0 aliphatic carbocycles. The lowest BCUT2D eigenvalue weighted by Crippen LogP contribution is -2.33. The third-order valence-corrected chi connectivity index (χ3v) is 7.41. The number of esters is 1. The number of rotatable bonds is 7. The molecular formula is C29H24BrN3O8S. The van der Waals surface area contributed by atoms with Gasteiger partial charge in [-0.1, -0.05) is 23.5 Å². The van der Waals surface area contributed by atoms with Crippen molar-refractivity contribution in [2.24, 2.45) is 4.99 Å². The quantitative estimate of drug-likeness (QED) is 0.295. The molecule has 0 saturated heterocycles. The molecule has 1 amide bonds. The molecule has 0 fully saturated rings. The first kappa shape index (κ1) is 28.9. The van der Waals surface area contributed by atoms with E-state index in [4.69, 9.17) is 28.7 Å². The van der Waals surface area contributed by atoms with Gasteiger partial charge >= 0.3 is 5.97 Å². The predicted octanol–water partition coefficient (Wildman–Crippen LogP) is 4.13. The van der Waals surface area contributed by atoms with E-state index >= 15 is 0 Å². The maximum Gasteiger partial charge on any atom is 0.337 e. The van der Waals surface area contributed by atoms with Gasteiger partial charge in [0.15, 0.2) is 27.8 Å². The predicted molar refractivity (Wildman–Crippen MR) is 158 cm³/mol. The Kier molecular flexibility index (Phi) is 8.59. The summed E-state index contributed by atoms with van der Waals surface area (Å²) in [5.41, 5.74) is 2.08. The summed E-state index contributed by atoms with van der Waals surface area (Å²) in [4.78, 5) is 43.5. The second-order valence-corrected chi connectivity index (χ2v) is 10.0. The van der Waals surface area contributed by atoms with Crippen molar-refractivity contribution in [2.45, 2.75) is 13.1 Å². The number of hydrogen-bond donors (Lipinski definition) is 1. The molecule has 3 heterocycles. The van der Waals surface area contributed by atoms with Crippen molar-refractivity contribution in [3.63, 3.8) is 0 Å². The first-order valence-corrected chi connectivity index (χ1v) is 13.3. The number of methoxy groups -OCH3 is 1. The Labute approximate surface area is 253 Å². The lowest BCUT2D eigenvalue weighted by molar-refractivity contribution is 0.0600. The van der Waals surface area contributed by atoms with Crippen molar-refractivity contribution in [3.05, 3.63) is 103 Å². The summed E-state index contributed by atoms with van der Waals surface area (Å²) in [6.45, 7) is 0.762. The first-order chi connectivity index (χ1) is 20.0. The molecule has 0 bridgehead atoms. The Balaban J connectivity index is 0.00000353. The standard InChI is InChI=1S/C29H23N3O8S.BrH/c1-36-28(35)19-4-6-20(7-5-19)31-27(34)25-12-26(33)32(14-18-3-9-22-24(11-18)40-16-38-22)29(41-25)30-13-17-2-8-21-23(10-17)39-15-37-21;/h2-12H,13-16H2,1H3,(H,31,34);1H. The van der Waals surface area contributed by atoms with Gasteiger partial charge in [-0.3, -0.25) is 19.1 Å². The minimum Gasteiger partial charge on any atom is -0.465 e. The van der Waals surface area contributed by atoms with Crippen LogP contribution in [0.5, 0.6) is 23.0 Å². The molecule has 0 unspecified atom stereocenters. The van der Waals surface area contributed by atoms with Crippen molar-refractivity contribution in [2.75, 3.05) is 26.0 Å². The number of aromatic nitrogens is 1. The fourth-order valence-electron chi connectivity index (χ4n) is 4.26. The highest BCUT2D eigenvalue weighted by molar-refractivity contribution is 8.93. The average molecular weight is 654 g/mol. The van der Waals surface area contributed by atoms with Crippen LogP contribution >= 0.6 is 28.3 Å². The van der Waals surface area contributed by atoms with Gasteiger partial charge in [0.05, 0.1) is 25.8 Å². The van der Waals surface area contributed by atoms with Crippen molar-refractivity contribution >= 4 is 45.9 Å². The monoisotopic (exact) mass is 653 g/mol. The minimum absolute atomic E-state index is 0. The Bertz CT molecular complexity index is 1790. The molecule has 13 heteroatoms. The Hall–Kier alpha value is -4.62. The zero-order valence-corrected chi connectivity index (χ0v) is 24.7. The van der Waals surface area contributed by atoms with Crippen LogP contribution < -0.4 is 34.6 Å². The number of benzene rings is 3. The lowest BCUT2D eigenvalue weighted by Gasteiger charge is -2.10. The molecular weight excluding hydrogens is 630 g/mol. The molecule has 2 aliphatic rings. The van der Waals surface area contributed by atoms with Gasteiger partial charge in [0, 0.05) is 11.8 Å². The van der Waals surface area contributed by atoms with E-state index in [1.165, 1.54) is 17.7 Å². The second kappa shape index (κ2) is 12.5. The highest BCUT2D eigenvalue weighted by atomic mass is 79.9. The normalized spacial score (nSPS) is 12.9. The van der Waals surface area contributed by atoms with Crippen LogP contribution in [0.3, 0.4) is 0 Å². The van der Waals surface area contributed by atoms with Gasteiger partial charge in [0.1, 0.15) is 4.88 Å². The van der Waals surface area contributed by atoms with Crippen molar-refractivity contribution in [3.8, 4) is 23.0 Å². The summed E-state index contributed by atoms with van der Waals surface area (Å²) in [7, 11) is 1.29. The zero-order chi connectivity index (χ0) is 28.3. The molecule has 1 aromatic heterocycles. The largest absolute Gasteiger partial charge is 0.465 e. The lowest BCUT2D eigenvalue weighted by atomic mass is 10.2. The van der Waals surface area contributed by atoms with Crippen LogP contribution in [0.15, 0.2) is 76.5 Å². The fourth-order valence-corrected chi connectivity index (χ4v) is 5.16. The molecule has 11 nitrogen and oxygen atoms in total. The highest BCUT2D eigenvalue weighted by Crippen LogP contribution is 2.33. The van der Waals surface area contributed by atoms with Gasteiger partial charge in [-0.05, 0) is 59.7 Å². The number of amides is 1. The van der Waals surface area contributed by atoms with Crippen molar-refractivity contribution in [1.29, 1.82) is 0 Å². The zero-order valence-electron chi connectivity index (χ0n) is 22.2. The number of halogens is 1. The number of nitrogens with one attached hydrogen (secondary N) is 1. The van der Waals surface area contributed by atoms with Gasteiger partial charge in [-0.15, -0.1) is 17.0 Å². The molecule has 216 valence electrons. The first-order valence-electron chi connectivity index (χ1n) is 12.5. The minimum atomic E-state index is -0.482. The van der Waals surface area contributed by atoms with Gasteiger partial charge in [-0.2, -0.15) is 0 Å². The van der Waals surface area contributed by atoms with E-state index in [2.05, 4.69) is 5.32 Å². The molecule has 6 rings (SSSR count). The molecule has 0 atom stereocenters. The topological polar surface area (TPSA) is 127 Å². The summed E-state index contributed by atoms with van der Waals surface area (Å²) in [6.07, 6.45) is 0. The molecule has 0 spiro atoms. The molecule has 4 aromatic rings. The van der Waals surface area contributed by atoms with Crippen LogP contribution in [0.2, 0.25) is 0 Å². The molecule has 42 heavy (non-hydrogen) atoms. The molecule has 1 N–H and O–H groups in total. The number of nitrogens with zero attached hydrogens (tertiary/aromatic N) is 2. The van der Waals surface area contributed by atoms with Gasteiger partial charge in [0.25, 0.3) is 11.5 Å². The van der Waals surface area contributed by atoms with Crippen LogP contribution in [0.25, 0.3) is 0 Å². The van der Waals surface area contributed by atoms with E-state index < -0.39 is 17.4 Å². The number of ether oxygens (including phenoxy) is 5. The number of carbonyl (C=O) groups excluding carboxylic acids is 2. The number of carbonyl (C=O) groups is 2. The second-order valence-electron chi connectivity index (χ2n) is 9.03. The van der Waals surface area contributed by atoms with Gasteiger partial charge in [-0.25, -0.2) is 4.79 Å². The summed E-state index contributed by atoms with van der Waals surface area (Å²) in [6, 6.07) is 18.5. The maximum absolute atomic E-state index is 13.4. The van der Waals surface area contributed by atoms with E-state index in [1.54, 1.807) is 30.3 Å². The smallest absolute Gasteiger partial charge is 0.337 e. The SMILES string of the molecule is Br.COC(=O)c1ccc(NC(=O)c2cc(=O)n(Cc3ccc4c(c3)OCO4)c(=NCc3ccc4c(c3)OCO4)s2)cc1. The molecule has 2 aliphatic heterocycles. The molecule has 3 aromatic carbocycles. The number of hydrogen-bond acceptors (Lipinski definition) is 10. The van der Waals surface area contributed by atoms with E-state index in [9.17, 15) is 14.4 Å². The van der Waals surface area contributed by atoms with E-state index in [0.717, 1.165) is 22.5 Å². The third kappa shape index (κ3) is 6.16. The Morgan fingerprint density at radius 3 is 2.17 bits per heavy atom. The van der Waals surface area contributed by atoms with E-state index in [-0.39, 0.29) is 48.5 Å². The number of anilines is 1. The van der Waals surface area contributed by atoms with Crippen LogP contribution in [0.4, 0.5) is 5.69 Å². The summed E-state index contributed by atoms with van der Waals surface area (Å²) >= 11 is 1.09. The van der Waals surface area contributed by atoms with E-state index in [0.29, 0.717) is 39.1 Å². The van der Waals surface area contributed by atoms with Crippen LogP contribution in [0, 0.1) is 0 Å².